The molecule has 44 heavy (non-hydrogen) atoms. The van der Waals surface area contributed by atoms with E-state index < -0.39 is 0 Å². The summed E-state index contributed by atoms with van der Waals surface area (Å²) >= 11 is 1.87. The maximum atomic E-state index is 6.21. The van der Waals surface area contributed by atoms with Crippen LogP contribution >= 0.6 is 11.3 Å². The molecule has 2 aromatic heterocycles. The highest BCUT2D eigenvalue weighted by Crippen LogP contribution is 2.46. The first-order chi connectivity index (χ1) is 21.8. The Morgan fingerprint density at radius 2 is 0.909 bits per heavy atom. The summed E-state index contributed by atoms with van der Waals surface area (Å²) in [5.41, 5.74) is 6.97. The van der Waals surface area contributed by atoms with E-state index in [0.29, 0.717) is 0 Å². The summed E-state index contributed by atoms with van der Waals surface area (Å²) in [7, 11) is 0. The van der Waals surface area contributed by atoms with Gasteiger partial charge in [-0.15, -0.1) is 11.3 Å². The molecule has 0 unspecified atom stereocenters. The van der Waals surface area contributed by atoms with Crippen LogP contribution in [0.15, 0.2) is 150 Å². The first-order valence-electron chi connectivity index (χ1n) is 15.0. The van der Waals surface area contributed by atoms with Crippen LogP contribution in [0.1, 0.15) is 0 Å². The molecular weight excluding hydrogens is 553 g/mol. The van der Waals surface area contributed by atoms with Crippen LogP contribution < -0.4 is 0 Å². The van der Waals surface area contributed by atoms with Gasteiger partial charge in [0.15, 0.2) is 0 Å². The van der Waals surface area contributed by atoms with E-state index in [4.69, 9.17) is 4.42 Å². The van der Waals surface area contributed by atoms with E-state index in [1.54, 1.807) is 0 Å². The Balaban J connectivity index is 1.26. The molecule has 2 heteroatoms. The third-order valence-corrected chi connectivity index (χ3v) is 10.3. The van der Waals surface area contributed by atoms with Crippen LogP contribution in [0.4, 0.5) is 0 Å². The molecule has 0 saturated heterocycles. The number of hydrogen-bond donors (Lipinski definition) is 0. The lowest BCUT2D eigenvalue weighted by Gasteiger charge is -2.17. The van der Waals surface area contributed by atoms with Crippen molar-refractivity contribution in [2.75, 3.05) is 0 Å². The van der Waals surface area contributed by atoms with Crippen molar-refractivity contribution in [3.8, 4) is 22.3 Å². The van der Waals surface area contributed by atoms with Crippen molar-refractivity contribution >= 4 is 85.8 Å². The van der Waals surface area contributed by atoms with Gasteiger partial charge in [0.05, 0.1) is 0 Å². The lowest BCUT2D eigenvalue weighted by atomic mass is 9.86. The van der Waals surface area contributed by atoms with E-state index in [1.165, 1.54) is 85.5 Å². The fraction of sp³-hybridized carbons (Fsp3) is 0. The zero-order valence-corrected chi connectivity index (χ0v) is 24.5. The monoisotopic (exact) mass is 576 g/mol. The van der Waals surface area contributed by atoms with Gasteiger partial charge in [-0.25, -0.2) is 0 Å². The first kappa shape index (κ1) is 24.0. The van der Waals surface area contributed by atoms with Gasteiger partial charge < -0.3 is 4.42 Å². The van der Waals surface area contributed by atoms with Crippen LogP contribution in [0.25, 0.3) is 96.7 Å². The highest BCUT2D eigenvalue weighted by atomic mass is 32.1. The van der Waals surface area contributed by atoms with Gasteiger partial charge >= 0.3 is 0 Å². The smallest absolute Gasteiger partial charge is 0.136 e. The average Bonchev–Trinajstić information content (AvgIpc) is 3.62. The second-order valence-corrected chi connectivity index (χ2v) is 12.7. The Labute approximate surface area is 257 Å². The summed E-state index contributed by atoms with van der Waals surface area (Å²) < 4.78 is 8.81. The number of fused-ring (bicyclic) bond motifs is 9. The van der Waals surface area contributed by atoms with E-state index in [9.17, 15) is 0 Å². The second-order valence-electron chi connectivity index (χ2n) is 11.7. The van der Waals surface area contributed by atoms with E-state index >= 15 is 0 Å². The Morgan fingerprint density at radius 1 is 0.341 bits per heavy atom. The predicted molar refractivity (Wildman–Crippen MR) is 190 cm³/mol. The summed E-state index contributed by atoms with van der Waals surface area (Å²) in [4.78, 5) is 0. The minimum absolute atomic E-state index is 0.937. The van der Waals surface area contributed by atoms with Crippen molar-refractivity contribution in [2.45, 2.75) is 0 Å². The summed E-state index contributed by atoms with van der Waals surface area (Å²) in [5, 5.41) is 12.5. The molecule has 0 saturated carbocycles. The lowest BCUT2D eigenvalue weighted by molar-refractivity contribution is 0.669. The molecule has 0 radical (unpaired) electrons. The predicted octanol–water partition coefficient (Wildman–Crippen LogP) is 12.7. The molecule has 10 rings (SSSR count). The highest BCUT2D eigenvalue weighted by Gasteiger charge is 2.18. The van der Waals surface area contributed by atoms with Gasteiger partial charge in [0.1, 0.15) is 11.2 Å². The summed E-state index contributed by atoms with van der Waals surface area (Å²) in [5.74, 6) is 0. The van der Waals surface area contributed by atoms with Crippen molar-refractivity contribution in [3.63, 3.8) is 0 Å². The molecule has 0 aliphatic carbocycles. The molecule has 0 atom stereocenters. The average molecular weight is 577 g/mol. The molecule has 0 amide bonds. The van der Waals surface area contributed by atoms with Gasteiger partial charge in [-0.3, -0.25) is 0 Å². The van der Waals surface area contributed by atoms with E-state index in [-0.39, 0.29) is 0 Å². The topological polar surface area (TPSA) is 13.1 Å². The molecule has 10 aromatic rings. The van der Waals surface area contributed by atoms with Gasteiger partial charge in [0.2, 0.25) is 0 Å². The Morgan fingerprint density at radius 3 is 1.64 bits per heavy atom. The van der Waals surface area contributed by atoms with Crippen molar-refractivity contribution in [3.05, 3.63) is 146 Å². The Hall–Kier alpha value is -5.44. The first-order valence-corrected chi connectivity index (χ1v) is 15.8. The van der Waals surface area contributed by atoms with Crippen LogP contribution in [0.5, 0.6) is 0 Å². The fourth-order valence-corrected chi connectivity index (χ4v) is 8.37. The molecule has 0 aliphatic heterocycles. The second kappa shape index (κ2) is 9.03. The standard InChI is InChI=1S/C42H24OS/c1-2-10-25(11-3-1)41-30-13-4-6-15-32(30)42(33-16-7-5-14-31(33)41)26-18-19-39-35(20-26)36-22-27-21-34-29-12-8-9-17-37(29)43-38(34)23-28(27)24-40(36)44-39/h1-24H. The molecule has 0 bridgehead atoms. The maximum absolute atomic E-state index is 6.21. The van der Waals surface area contributed by atoms with Crippen molar-refractivity contribution in [1.82, 2.24) is 0 Å². The number of hydrogen-bond acceptors (Lipinski definition) is 2. The highest BCUT2D eigenvalue weighted by molar-refractivity contribution is 7.25. The van der Waals surface area contributed by atoms with E-state index in [0.717, 1.165) is 11.2 Å². The van der Waals surface area contributed by atoms with Crippen LogP contribution in [0.3, 0.4) is 0 Å². The van der Waals surface area contributed by atoms with Crippen LogP contribution in [-0.4, -0.2) is 0 Å². The van der Waals surface area contributed by atoms with Crippen molar-refractivity contribution in [1.29, 1.82) is 0 Å². The Kier molecular flexibility index (Phi) is 4.94. The third kappa shape index (κ3) is 3.40. The molecule has 2 heterocycles. The quantitative estimate of drug-likeness (QED) is 0.187. The fourth-order valence-electron chi connectivity index (χ4n) is 7.25. The number of benzene rings is 8. The molecule has 204 valence electrons. The third-order valence-electron chi connectivity index (χ3n) is 9.21. The molecular formula is C42H24OS. The summed E-state index contributed by atoms with van der Waals surface area (Å²) in [6.07, 6.45) is 0. The summed E-state index contributed by atoms with van der Waals surface area (Å²) in [6, 6.07) is 53.1. The minimum atomic E-state index is 0.937. The molecule has 1 nitrogen and oxygen atoms in total. The largest absolute Gasteiger partial charge is 0.456 e. The molecule has 0 aliphatic rings. The molecule has 0 fully saturated rings. The van der Waals surface area contributed by atoms with Crippen LogP contribution in [0, 0.1) is 0 Å². The minimum Gasteiger partial charge on any atom is -0.456 e. The normalized spacial score (nSPS) is 12.1. The number of para-hydroxylation sites is 1. The lowest BCUT2D eigenvalue weighted by Crippen LogP contribution is -1.90. The van der Waals surface area contributed by atoms with Crippen molar-refractivity contribution in [2.24, 2.45) is 0 Å². The SMILES string of the molecule is c1ccc(-c2c3ccccc3c(-c3ccc4sc5cc6cc7oc8ccccc8c7cc6cc5c4c3)c3ccccc23)cc1. The zero-order valence-electron chi connectivity index (χ0n) is 23.7. The van der Waals surface area contributed by atoms with Gasteiger partial charge in [-0.05, 0) is 97.0 Å². The van der Waals surface area contributed by atoms with Gasteiger partial charge in [0, 0.05) is 30.9 Å². The van der Waals surface area contributed by atoms with Gasteiger partial charge in [-0.1, -0.05) is 103 Å². The molecule has 0 spiro atoms. The van der Waals surface area contributed by atoms with Crippen molar-refractivity contribution < 1.29 is 4.42 Å². The van der Waals surface area contributed by atoms with Gasteiger partial charge in [-0.2, -0.15) is 0 Å². The van der Waals surface area contributed by atoms with Crippen LogP contribution in [-0.2, 0) is 0 Å². The summed E-state index contributed by atoms with van der Waals surface area (Å²) in [6.45, 7) is 0. The van der Waals surface area contributed by atoms with Gasteiger partial charge in [0.25, 0.3) is 0 Å². The Bertz CT molecular complexity index is 2710. The number of rotatable bonds is 2. The zero-order chi connectivity index (χ0) is 28.8. The molecule has 8 aromatic carbocycles. The number of thiophene rings is 1. The van der Waals surface area contributed by atoms with E-state index in [2.05, 4.69) is 133 Å². The van der Waals surface area contributed by atoms with E-state index in [1.807, 2.05) is 23.5 Å². The maximum Gasteiger partial charge on any atom is 0.136 e. The number of furan rings is 1. The van der Waals surface area contributed by atoms with Crippen LogP contribution in [0.2, 0.25) is 0 Å². The molecule has 0 N–H and O–H groups in total.